The van der Waals surface area contributed by atoms with Crippen molar-refractivity contribution in [2.45, 2.75) is 43.8 Å². The van der Waals surface area contributed by atoms with Gasteiger partial charge in [-0.3, -0.25) is 0 Å². The molecule has 2 aliphatic rings. The van der Waals surface area contributed by atoms with Crippen molar-refractivity contribution in [3.63, 3.8) is 0 Å². The van der Waals surface area contributed by atoms with Crippen molar-refractivity contribution in [2.75, 3.05) is 19.8 Å². The largest absolute Gasteiger partial charge is 0.388 e. The van der Waals surface area contributed by atoms with Crippen molar-refractivity contribution < 1.29 is 14.6 Å². The highest BCUT2D eigenvalue weighted by Crippen LogP contribution is 2.40. The Morgan fingerprint density at radius 3 is 2.65 bits per heavy atom. The van der Waals surface area contributed by atoms with Crippen molar-refractivity contribution in [1.29, 1.82) is 0 Å². The molecule has 3 nitrogen and oxygen atoms in total. The summed E-state index contributed by atoms with van der Waals surface area (Å²) in [5.41, 5.74) is 1.05. The first-order valence-electron chi connectivity index (χ1n) is 7.72. The van der Waals surface area contributed by atoms with Crippen LogP contribution in [-0.2, 0) is 9.47 Å². The van der Waals surface area contributed by atoms with Crippen LogP contribution in [0.5, 0.6) is 0 Å². The van der Waals surface area contributed by atoms with Crippen LogP contribution in [0.2, 0.25) is 0 Å². The molecule has 0 aromatic heterocycles. The molecule has 110 valence electrons. The highest BCUT2D eigenvalue weighted by molar-refractivity contribution is 5.17. The molecule has 1 N–H and O–H groups in total. The maximum atomic E-state index is 10.4. The van der Waals surface area contributed by atoms with Crippen LogP contribution in [-0.4, -0.2) is 30.5 Å². The summed E-state index contributed by atoms with van der Waals surface area (Å²) >= 11 is 0. The molecular weight excluding hydrogens is 252 g/mol. The third kappa shape index (κ3) is 3.22. The lowest BCUT2D eigenvalue weighted by atomic mass is 9.78. The maximum Gasteiger partial charge on any atom is 0.0792 e. The van der Waals surface area contributed by atoms with E-state index >= 15 is 0 Å². The van der Waals surface area contributed by atoms with Crippen LogP contribution in [0.25, 0.3) is 0 Å². The molecule has 2 atom stereocenters. The number of hydrogen-bond acceptors (Lipinski definition) is 3. The minimum Gasteiger partial charge on any atom is -0.388 e. The quantitative estimate of drug-likeness (QED) is 0.922. The normalized spacial score (nSPS) is 27.4. The van der Waals surface area contributed by atoms with Gasteiger partial charge in [0.2, 0.25) is 0 Å². The van der Waals surface area contributed by atoms with E-state index in [2.05, 4.69) is 0 Å². The van der Waals surface area contributed by atoms with Gasteiger partial charge in [-0.25, -0.2) is 0 Å². The van der Waals surface area contributed by atoms with Crippen molar-refractivity contribution in [1.82, 2.24) is 0 Å². The monoisotopic (exact) mass is 276 g/mol. The second kappa shape index (κ2) is 6.25. The average molecular weight is 276 g/mol. The maximum absolute atomic E-state index is 10.4. The fraction of sp³-hybridized carbons (Fsp3) is 0.647. The van der Waals surface area contributed by atoms with E-state index in [1.807, 2.05) is 30.3 Å². The van der Waals surface area contributed by atoms with Gasteiger partial charge < -0.3 is 14.6 Å². The first-order valence-corrected chi connectivity index (χ1v) is 7.72. The molecule has 2 unspecified atom stereocenters. The van der Waals surface area contributed by atoms with Gasteiger partial charge in [0, 0.05) is 19.8 Å². The molecule has 0 bridgehead atoms. The predicted molar refractivity (Wildman–Crippen MR) is 77.5 cm³/mol. The van der Waals surface area contributed by atoms with Crippen LogP contribution in [0.4, 0.5) is 0 Å². The summed E-state index contributed by atoms with van der Waals surface area (Å²) in [4.78, 5) is 0. The van der Waals surface area contributed by atoms with Gasteiger partial charge in [0.05, 0.1) is 11.7 Å². The molecule has 0 saturated carbocycles. The molecule has 3 heteroatoms. The summed E-state index contributed by atoms with van der Waals surface area (Å²) in [6, 6.07) is 9.98. The van der Waals surface area contributed by atoms with E-state index in [9.17, 15) is 5.11 Å². The Balaban J connectivity index is 1.60. The van der Waals surface area contributed by atoms with E-state index in [-0.39, 0.29) is 11.7 Å². The number of benzene rings is 1. The zero-order chi connectivity index (χ0) is 13.8. The third-order valence-corrected chi connectivity index (χ3v) is 4.74. The van der Waals surface area contributed by atoms with E-state index < -0.39 is 0 Å². The smallest absolute Gasteiger partial charge is 0.0792 e. The Morgan fingerprint density at radius 2 is 1.90 bits per heavy atom. The van der Waals surface area contributed by atoms with Gasteiger partial charge >= 0.3 is 0 Å². The van der Waals surface area contributed by atoms with Crippen molar-refractivity contribution in [3.8, 4) is 0 Å². The van der Waals surface area contributed by atoms with E-state index in [1.54, 1.807) is 0 Å². The predicted octanol–water partition coefficient (Wildman–Crippen LogP) is 3.09. The standard InChI is InChI=1S/C17H24O3/c18-16(15-4-2-1-3-5-15)12-14-6-9-20-17(13-14)7-10-19-11-8-17/h1-5,14,16,18H,6-13H2. The van der Waals surface area contributed by atoms with Gasteiger partial charge in [0.25, 0.3) is 0 Å². The van der Waals surface area contributed by atoms with Gasteiger partial charge in [-0.05, 0) is 43.6 Å². The summed E-state index contributed by atoms with van der Waals surface area (Å²) in [5, 5.41) is 10.4. The summed E-state index contributed by atoms with van der Waals surface area (Å²) in [7, 11) is 0. The van der Waals surface area contributed by atoms with E-state index in [4.69, 9.17) is 9.47 Å². The molecule has 1 aromatic carbocycles. The molecule has 2 saturated heterocycles. The van der Waals surface area contributed by atoms with E-state index in [1.165, 1.54) is 0 Å². The first-order chi connectivity index (χ1) is 9.77. The van der Waals surface area contributed by atoms with Crippen LogP contribution >= 0.6 is 0 Å². The summed E-state index contributed by atoms with van der Waals surface area (Å²) in [5.74, 6) is 0.553. The minimum atomic E-state index is -0.351. The zero-order valence-corrected chi connectivity index (χ0v) is 12.0. The molecule has 2 fully saturated rings. The molecule has 0 radical (unpaired) electrons. The first kappa shape index (κ1) is 14.1. The summed E-state index contributed by atoms with van der Waals surface area (Å²) in [6.07, 6.45) is 4.63. The summed E-state index contributed by atoms with van der Waals surface area (Å²) in [6.45, 7) is 2.45. The fourth-order valence-electron chi connectivity index (χ4n) is 3.55. The van der Waals surface area contributed by atoms with Crippen LogP contribution in [0.3, 0.4) is 0 Å². The molecule has 0 amide bonds. The van der Waals surface area contributed by atoms with Crippen molar-refractivity contribution in [2.24, 2.45) is 5.92 Å². The Hall–Kier alpha value is -0.900. The lowest BCUT2D eigenvalue weighted by Crippen LogP contribution is -2.44. The average Bonchev–Trinajstić information content (AvgIpc) is 2.49. The van der Waals surface area contributed by atoms with Crippen molar-refractivity contribution >= 4 is 0 Å². The topological polar surface area (TPSA) is 38.7 Å². The molecule has 20 heavy (non-hydrogen) atoms. The number of rotatable bonds is 3. The number of hydrogen-bond donors (Lipinski definition) is 1. The Kier molecular flexibility index (Phi) is 4.39. The highest BCUT2D eigenvalue weighted by Gasteiger charge is 2.39. The van der Waals surface area contributed by atoms with E-state index in [0.29, 0.717) is 5.92 Å². The van der Waals surface area contributed by atoms with Crippen LogP contribution in [0, 0.1) is 5.92 Å². The van der Waals surface area contributed by atoms with Gasteiger partial charge in [-0.15, -0.1) is 0 Å². The number of aliphatic hydroxyl groups is 1. The highest BCUT2D eigenvalue weighted by atomic mass is 16.5. The fourth-order valence-corrected chi connectivity index (χ4v) is 3.55. The van der Waals surface area contributed by atoms with E-state index in [0.717, 1.165) is 57.5 Å². The third-order valence-electron chi connectivity index (χ3n) is 4.74. The number of ether oxygens (including phenoxy) is 2. The van der Waals surface area contributed by atoms with Crippen LogP contribution in [0.1, 0.15) is 43.8 Å². The SMILES string of the molecule is OC(CC1CCOC2(CCOCC2)C1)c1ccccc1. The van der Waals surface area contributed by atoms with Gasteiger partial charge in [0.1, 0.15) is 0 Å². The van der Waals surface area contributed by atoms with Crippen LogP contribution in [0.15, 0.2) is 30.3 Å². The Morgan fingerprint density at radius 1 is 1.15 bits per heavy atom. The lowest BCUT2D eigenvalue weighted by Gasteiger charge is -2.43. The second-order valence-electron chi connectivity index (χ2n) is 6.16. The Bertz CT molecular complexity index is 406. The van der Waals surface area contributed by atoms with Gasteiger partial charge in [-0.2, -0.15) is 0 Å². The van der Waals surface area contributed by atoms with Gasteiger partial charge in [0.15, 0.2) is 0 Å². The Labute approximate surface area is 120 Å². The molecule has 1 aromatic rings. The molecular formula is C17H24O3. The zero-order valence-electron chi connectivity index (χ0n) is 12.0. The molecule has 3 rings (SSSR count). The minimum absolute atomic E-state index is 0.0254. The molecule has 2 aliphatic heterocycles. The second-order valence-corrected chi connectivity index (χ2v) is 6.16. The summed E-state index contributed by atoms with van der Waals surface area (Å²) < 4.78 is 11.5. The van der Waals surface area contributed by atoms with Gasteiger partial charge in [-0.1, -0.05) is 30.3 Å². The number of aliphatic hydroxyl groups excluding tert-OH is 1. The lowest BCUT2D eigenvalue weighted by molar-refractivity contribution is -0.149. The van der Waals surface area contributed by atoms with Crippen LogP contribution < -0.4 is 0 Å². The molecule has 0 aliphatic carbocycles. The van der Waals surface area contributed by atoms with Crippen molar-refractivity contribution in [3.05, 3.63) is 35.9 Å². The molecule has 2 heterocycles. The molecule has 1 spiro atoms.